The van der Waals surface area contributed by atoms with Gasteiger partial charge in [0.05, 0.1) is 16.1 Å². The Morgan fingerprint density at radius 1 is 1.09 bits per heavy atom. The number of alkyl halides is 3. The van der Waals surface area contributed by atoms with Gasteiger partial charge < -0.3 is 0 Å². The van der Waals surface area contributed by atoms with Crippen molar-refractivity contribution < 1.29 is 0 Å². The molecule has 0 spiro atoms. The molecule has 64 valence electrons. The molecule has 0 aromatic rings. The molecule has 2 aliphatic heterocycles. The van der Waals surface area contributed by atoms with Crippen LogP contribution in [0.3, 0.4) is 0 Å². The zero-order chi connectivity index (χ0) is 8.01. The van der Waals surface area contributed by atoms with Gasteiger partial charge in [0, 0.05) is 19.1 Å². The van der Waals surface area contributed by atoms with Crippen LogP contribution >= 0.6 is 34.8 Å². The second-order valence-electron chi connectivity index (χ2n) is 3.25. The summed E-state index contributed by atoms with van der Waals surface area (Å²) in [5.74, 6) is 0. The normalized spacial score (nSPS) is 51.5. The van der Waals surface area contributed by atoms with E-state index in [-0.39, 0.29) is 16.1 Å². The lowest BCUT2D eigenvalue weighted by atomic mass is 10.1. The minimum atomic E-state index is 0.0432. The van der Waals surface area contributed by atoms with Crippen molar-refractivity contribution >= 4 is 34.8 Å². The lowest BCUT2D eigenvalue weighted by molar-refractivity contribution is 0.327. The molecule has 2 rings (SSSR count). The van der Waals surface area contributed by atoms with Gasteiger partial charge in [0.15, 0.2) is 0 Å². The van der Waals surface area contributed by atoms with E-state index in [9.17, 15) is 0 Å². The number of halogens is 3. The first kappa shape index (κ1) is 8.43. The fourth-order valence-corrected chi connectivity index (χ4v) is 3.22. The van der Waals surface area contributed by atoms with Gasteiger partial charge in [-0.15, -0.1) is 34.8 Å². The van der Waals surface area contributed by atoms with Crippen LogP contribution < -0.4 is 0 Å². The molecular weight excluding hydrogens is 204 g/mol. The van der Waals surface area contributed by atoms with Crippen LogP contribution in [-0.4, -0.2) is 40.2 Å². The van der Waals surface area contributed by atoms with Crippen LogP contribution in [0.4, 0.5) is 0 Å². The highest BCUT2D eigenvalue weighted by Crippen LogP contribution is 2.36. The van der Waals surface area contributed by atoms with E-state index in [1.807, 2.05) is 0 Å². The van der Waals surface area contributed by atoms with Crippen LogP contribution in [0.5, 0.6) is 0 Å². The molecule has 4 heteroatoms. The quantitative estimate of drug-likeness (QED) is 0.557. The molecule has 2 fully saturated rings. The molecule has 2 aliphatic rings. The fraction of sp³-hybridized carbons (Fsp3) is 1.00. The Morgan fingerprint density at radius 3 is 2.45 bits per heavy atom. The molecule has 4 unspecified atom stereocenters. The maximum Gasteiger partial charge on any atom is 0.0681 e. The van der Waals surface area contributed by atoms with Crippen LogP contribution in [-0.2, 0) is 0 Å². The molecule has 0 N–H and O–H groups in total. The Hall–Kier alpha value is 0.830. The summed E-state index contributed by atoms with van der Waals surface area (Å²) in [4.78, 5) is 2.30. The van der Waals surface area contributed by atoms with E-state index in [2.05, 4.69) is 4.90 Å². The second kappa shape index (κ2) is 2.95. The van der Waals surface area contributed by atoms with Crippen LogP contribution in [0.1, 0.15) is 6.42 Å². The van der Waals surface area contributed by atoms with E-state index < -0.39 is 0 Å². The van der Waals surface area contributed by atoms with Crippen molar-refractivity contribution in [2.45, 2.75) is 28.6 Å². The summed E-state index contributed by atoms with van der Waals surface area (Å²) in [6.07, 6.45) is 1.05. The number of fused-ring (bicyclic) bond motifs is 1. The zero-order valence-corrected chi connectivity index (χ0v) is 8.28. The first-order chi connectivity index (χ1) is 5.20. The summed E-state index contributed by atoms with van der Waals surface area (Å²) in [5.41, 5.74) is 0. The minimum Gasteiger partial charge on any atom is -0.296 e. The van der Waals surface area contributed by atoms with E-state index in [0.29, 0.717) is 6.04 Å². The predicted octanol–water partition coefficient (Wildman–Crippen LogP) is 1.90. The number of nitrogens with zero attached hydrogens (tertiary/aromatic N) is 1. The summed E-state index contributed by atoms with van der Waals surface area (Å²) >= 11 is 18.2. The highest BCUT2D eigenvalue weighted by Gasteiger charge is 2.46. The van der Waals surface area contributed by atoms with Crippen LogP contribution in [0.25, 0.3) is 0 Å². The molecule has 0 bridgehead atoms. The number of hydrogen-bond acceptors (Lipinski definition) is 1. The molecule has 4 atom stereocenters. The molecule has 2 heterocycles. The highest BCUT2D eigenvalue weighted by molar-refractivity contribution is 6.31. The lowest BCUT2D eigenvalue weighted by Gasteiger charge is -2.18. The van der Waals surface area contributed by atoms with Crippen LogP contribution in [0.2, 0.25) is 0 Å². The Balaban J connectivity index is 2.13. The largest absolute Gasteiger partial charge is 0.296 e. The fourth-order valence-electron chi connectivity index (χ4n) is 1.99. The molecule has 0 aromatic heterocycles. The van der Waals surface area contributed by atoms with Crippen molar-refractivity contribution in [3.05, 3.63) is 0 Å². The Kier molecular flexibility index (Phi) is 2.26. The van der Waals surface area contributed by atoms with Crippen LogP contribution in [0, 0.1) is 0 Å². The molecule has 0 amide bonds. The third kappa shape index (κ3) is 1.27. The molecule has 1 nitrogen and oxygen atoms in total. The van der Waals surface area contributed by atoms with E-state index >= 15 is 0 Å². The van der Waals surface area contributed by atoms with Gasteiger partial charge in [-0.25, -0.2) is 0 Å². The summed E-state index contributed by atoms with van der Waals surface area (Å²) in [6, 6.07) is 0.320. The third-order valence-corrected chi connectivity index (χ3v) is 4.14. The van der Waals surface area contributed by atoms with Gasteiger partial charge in [-0.05, 0) is 6.42 Å². The maximum atomic E-state index is 6.10. The van der Waals surface area contributed by atoms with Crippen molar-refractivity contribution in [2.24, 2.45) is 0 Å². The highest BCUT2D eigenvalue weighted by atomic mass is 35.5. The SMILES string of the molecule is ClC1CN2CCC(Cl)C2C1Cl. The van der Waals surface area contributed by atoms with E-state index in [1.165, 1.54) is 0 Å². The smallest absolute Gasteiger partial charge is 0.0681 e. The first-order valence-corrected chi connectivity index (χ1v) is 5.17. The van der Waals surface area contributed by atoms with Gasteiger partial charge in [-0.1, -0.05) is 0 Å². The molecule has 0 saturated carbocycles. The van der Waals surface area contributed by atoms with Crippen molar-refractivity contribution in [1.29, 1.82) is 0 Å². The van der Waals surface area contributed by atoms with E-state index in [4.69, 9.17) is 34.8 Å². The van der Waals surface area contributed by atoms with Gasteiger partial charge in [-0.2, -0.15) is 0 Å². The van der Waals surface area contributed by atoms with Gasteiger partial charge in [0.1, 0.15) is 0 Å². The zero-order valence-electron chi connectivity index (χ0n) is 6.01. The summed E-state index contributed by atoms with van der Waals surface area (Å²) in [6.45, 7) is 1.97. The summed E-state index contributed by atoms with van der Waals surface area (Å²) in [7, 11) is 0. The Bertz CT molecular complexity index is 162. The average Bonchev–Trinajstić information content (AvgIpc) is 2.41. The summed E-state index contributed by atoms with van der Waals surface area (Å²) in [5, 5.41) is 0.339. The van der Waals surface area contributed by atoms with Crippen LogP contribution in [0.15, 0.2) is 0 Å². The van der Waals surface area contributed by atoms with Gasteiger partial charge >= 0.3 is 0 Å². The van der Waals surface area contributed by atoms with Gasteiger partial charge in [0.25, 0.3) is 0 Å². The molecule has 0 aromatic carbocycles. The molecule has 11 heavy (non-hydrogen) atoms. The topological polar surface area (TPSA) is 3.24 Å². The van der Waals surface area contributed by atoms with Crippen molar-refractivity contribution in [3.8, 4) is 0 Å². The second-order valence-corrected chi connectivity index (χ2v) is 4.88. The first-order valence-electron chi connectivity index (χ1n) is 3.86. The average molecular weight is 215 g/mol. The van der Waals surface area contributed by atoms with Gasteiger partial charge in [-0.3, -0.25) is 4.90 Å². The summed E-state index contributed by atoms with van der Waals surface area (Å²) < 4.78 is 0. The third-order valence-electron chi connectivity index (χ3n) is 2.57. The van der Waals surface area contributed by atoms with Gasteiger partial charge in [0.2, 0.25) is 0 Å². The minimum absolute atomic E-state index is 0.0432. The van der Waals surface area contributed by atoms with Crippen molar-refractivity contribution in [3.63, 3.8) is 0 Å². The number of rotatable bonds is 0. The predicted molar refractivity (Wildman–Crippen MR) is 48.9 cm³/mol. The lowest BCUT2D eigenvalue weighted by Crippen LogP contribution is -2.32. The molecule has 0 radical (unpaired) electrons. The van der Waals surface area contributed by atoms with E-state index in [0.717, 1.165) is 19.5 Å². The van der Waals surface area contributed by atoms with E-state index in [1.54, 1.807) is 0 Å². The number of hydrogen-bond donors (Lipinski definition) is 0. The monoisotopic (exact) mass is 213 g/mol. The maximum absolute atomic E-state index is 6.10. The standard InChI is InChI=1S/C7H10Cl3N/c8-4-1-2-11-3-5(9)6(10)7(4)11/h4-7H,1-3H2. The molecule has 0 aliphatic carbocycles. The van der Waals surface area contributed by atoms with Crippen molar-refractivity contribution in [2.75, 3.05) is 13.1 Å². The molecule has 2 saturated heterocycles. The van der Waals surface area contributed by atoms with Crippen molar-refractivity contribution in [1.82, 2.24) is 4.90 Å². The Labute approximate surface area is 81.6 Å². The Morgan fingerprint density at radius 2 is 1.82 bits per heavy atom. The molecular formula is C7H10Cl3N.